The highest BCUT2D eigenvalue weighted by Crippen LogP contribution is 2.46. The summed E-state index contributed by atoms with van der Waals surface area (Å²) in [4.78, 5) is 19.8. The minimum atomic E-state index is 0.633. The van der Waals surface area contributed by atoms with Crippen LogP contribution in [0.15, 0.2) is 187 Å². The van der Waals surface area contributed by atoms with Gasteiger partial charge in [0.2, 0.25) is 0 Å². The SMILES string of the molecule is c1ccc(-c2cnc(-c3ccc(-c4nc(-c5ccccc5)cc(-c5ccc(-c6cccc7c6sc6ccccc67)c6oc7ccccc7c56)n4)cc3)nc2)cc1. The second-order valence-electron chi connectivity index (χ2n) is 13.8. The first kappa shape index (κ1) is 32.2. The van der Waals surface area contributed by atoms with Crippen molar-refractivity contribution in [3.05, 3.63) is 182 Å². The van der Waals surface area contributed by atoms with Gasteiger partial charge in [-0.25, -0.2) is 19.9 Å². The fourth-order valence-corrected chi connectivity index (χ4v) is 8.94. The maximum Gasteiger partial charge on any atom is 0.160 e. The largest absolute Gasteiger partial charge is 0.455 e. The second kappa shape index (κ2) is 13.2. The number of fused-ring (bicyclic) bond motifs is 6. The number of benzene rings is 7. The second-order valence-corrected chi connectivity index (χ2v) is 14.9. The van der Waals surface area contributed by atoms with Crippen LogP contribution in [0.3, 0.4) is 0 Å². The molecular formula is C50H30N4OS. The normalized spacial score (nSPS) is 11.6. The van der Waals surface area contributed by atoms with Crippen molar-refractivity contribution < 1.29 is 4.42 Å². The number of nitrogens with zero attached hydrogens (tertiary/aromatic N) is 4. The number of furan rings is 1. The third-order valence-electron chi connectivity index (χ3n) is 10.5. The van der Waals surface area contributed by atoms with Crippen LogP contribution in [0.5, 0.6) is 0 Å². The molecule has 0 unspecified atom stereocenters. The van der Waals surface area contributed by atoms with E-state index in [2.05, 4.69) is 119 Å². The zero-order valence-electron chi connectivity index (χ0n) is 29.9. The van der Waals surface area contributed by atoms with Gasteiger partial charge in [-0.15, -0.1) is 11.3 Å². The summed E-state index contributed by atoms with van der Waals surface area (Å²) < 4.78 is 9.31. The lowest BCUT2D eigenvalue weighted by Crippen LogP contribution is -1.97. The van der Waals surface area contributed by atoms with Gasteiger partial charge in [0.05, 0.1) is 11.4 Å². The summed E-state index contributed by atoms with van der Waals surface area (Å²) in [7, 11) is 0. The average molecular weight is 735 g/mol. The van der Waals surface area contributed by atoms with E-state index >= 15 is 0 Å². The summed E-state index contributed by atoms with van der Waals surface area (Å²) in [5.74, 6) is 1.30. The monoisotopic (exact) mass is 734 g/mol. The van der Waals surface area contributed by atoms with Crippen LogP contribution in [0.25, 0.3) is 110 Å². The van der Waals surface area contributed by atoms with E-state index in [1.165, 1.54) is 20.2 Å². The Balaban J connectivity index is 1.06. The van der Waals surface area contributed by atoms with Crippen molar-refractivity contribution in [2.75, 3.05) is 0 Å². The zero-order chi connectivity index (χ0) is 37.0. The van der Waals surface area contributed by atoms with Gasteiger partial charge in [0.25, 0.3) is 0 Å². The quantitative estimate of drug-likeness (QED) is 0.170. The van der Waals surface area contributed by atoms with Crippen LogP contribution < -0.4 is 0 Å². The van der Waals surface area contributed by atoms with E-state index in [1.54, 1.807) is 0 Å². The molecule has 0 saturated carbocycles. The fraction of sp³-hybridized carbons (Fsp3) is 0. The maximum atomic E-state index is 6.79. The van der Waals surface area contributed by atoms with Gasteiger partial charge in [0, 0.05) is 82.3 Å². The Kier molecular flexibility index (Phi) is 7.60. The molecule has 0 atom stereocenters. The van der Waals surface area contributed by atoms with E-state index in [0.717, 1.165) is 77.8 Å². The van der Waals surface area contributed by atoms with Crippen LogP contribution in [0.1, 0.15) is 0 Å². The molecule has 0 saturated heterocycles. The molecule has 5 nitrogen and oxygen atoms in total. The molecular weight excluding hydrogens is 705 g/mol. The van der Waals surface area contributed by atoms with Crippen LogP contribution in [-0.2, 0) is 0 Å². The molecule has 0 N–H and O–H groups in total. The molecule has 0 aliphatic heterocycles. The first-order valence-corrected chi connectivity index (χ1v) is 19.3. The number of para-hydroxylation sites is 1. The molecule has 0 aliphatic rings. The minimum Gasteiger partial charge on any atom is -0.455 e. The Labute approximate surface area is 326 Å². The minimum absolute atomic E-state index is 0.633. The number of hydrogen-bond donors (Lipinski definition) is 0. The summed E-state index contributed by atoms with van der Waals surface area (Å²) in [6.45, 7) is 0. The van der Waals surface area contributed by atoms with E-state index < -0.39 is 0 Å². The smallest absolute Gasteiger partial charge is 0.160 e. The van der Waals surface area contributed by atoms with Crippen molar-refractivity contribution in [3.8, 4) is 67.5 Å². The van der Waals surface area contributed by atoms with E-state index in [1.807, 2.05) is 84.4 Å². The van der Waals surface area contributed by atoms with E-state index in [-0.39, 0.29) is 0 Å². The Morgan fingerprint density at radius 1 is 0.411 bits per heavy atom. The molecule has 11 aromatic rings. The number of hydrogen-bond acceptors (Lipinski definition) is 6. The van der Waals surface area contributed by atoms with Gasteiger partial charge in [0.1, 0.15) is 11.2 Å². The van der Waals surface area contributed by atoms with Crippen LogP contribution in [0.4, 0.5) is 0 Å². The summed E-state index contributed by atoms with van der Waals surface area (Å²) in [5, 5.41) is 4.61. The van der Waals surface area contributed by atoms with Crippen molar-refractivity contribution >= 4 is 53.4 Å². The van der Waals surface area contributed by atoms with Gasteiger partial charge in [0.15, 0.2) is 11.6 Å². The number of rotatable bonds is 6. The van der Waals surface area contributed by atoms with Crippen molar-refractivity contribution in [2.24, 2.45) is 0 Å². The predicted octanol–water partition coefficient (Wildman–Crippen LogP) is 13.5. The van der Waals surface area contributed by atoms with E-state index in [4.69, 9.17) is 14.4 Å². The van der Waals surface area contributed by atoms with Crippen molar-refractivity contribution in [3.63, 3.8) is 0 Å². The lowest BCUT2D eigenvalue weighted by molar-refractivity contribution is 0.670. The molecule has 6 heteroatoms. The lowest BCUT2D eigenvalue weighted by atomic mass is 9.95. The first-order chi connectivity index (χ1) is 27.7. The highest BCUT2D eigenvalue weighted by atomic mass is 32.1. The molecule has 7 aromatic carbocycles. The summed E-state index contributed by atoms with van der Waals surface area (Å²) in [6.07, 6.45) is 3.75. The van der Waals surface area contributed by atoms with Crippen molar-refractivity contribution in [2.45, 2.75) is 0 Å². The van der Waals surface area contributed by atoms with Gasteiger partial charge in [-0.05, 0) is 29.8 Å². The molecule has 0 aliphatic carbocycles. The van der Waals surface area contributed by atoms with E-state index in [0.29, 0.717) is 11.6 Å². The summed E-state index contributed by atoms with van der Waals surface area (Å²) in [6, 6.07) is 58.6. The van der Waals surface area contributed by atoms with E-state index in [9.17, 15) is 0 Å². The zero-order valence-corrected chi connectivity index (χ0v) is 30.7. The van der Waals surface area contributed by atoms with Gasteiger partial charge < -0.3 is 4.42 Å². The third kappa shape index (κ3) is 5.46. The maximum absolute atomic E-state index is 6.79. The van der Waals surface area contributed by atoms with Crippen LogP contribution in [0.2, 0.25) is 0 Å². The van der Waals surface area contributed by atoms with Gasteiger partial charge >= 0.3 is 0 Å². The van der Waals surface area contributed by atoms with Crippen molar-refractivity contribution in [1.29, 1.82) is 0 Å². The van der Waals surface area contributed by atoms with Crippen LogP contribution >= 0.6 is 11.3 Å². The van der Waals surface area contributed by atoms with Crippen LogP contribution in [-0.4, -0.2) is 19.9 Å². The third-order valence-corrected chi connectivity index (χ3v) is 11.7. The Hall–Kier alpha value is -7.28. The molecule has 0 bridgehead atoms. The van der Waals surface area contributed by atoms with Crippen molar-refractivity contribution in [1.82, 2.24) is 19.9 Å². The highest BCUT2D eigenvalue weighted by molar-refractivity contribution is 7.26. The topological polar surface area (TPSA) is 64.7 Å². The molecule has 0 radical (unpaired) electrons. The molecule has 11 rings (SSSR count). The Bertz CT molecular complexity index is 3230. The predicted molar refractivity (Wildman–Crippen MR) is 230 cm³/mol. The standard InChI is InChI=1S/C50H30N4OS/c1-3-12-31(13-4-1)35-29-51-49(52-30-35)33-22-24-34(25-23-33)50-53-42(32-14-5-2-6-15-32)28-43(54-50)40-27-26-37(47-46(40)41-17-7-9-20-44(41)55-47)39-19-11-18-38-36-16-8-10-21-45(36)56-48(38)39/h1-30H. The average Bonchev–Trinajstić information content (AvgIpc) is 3.86. The molecule has 0 spiro atoms. The Morgan fingerprint density at radius 3 is 1.82 bits per heavy atom. The summed E-state index contributed by atoms with van der Waals surface area (Å²) in [5.41, 5.74) is 11.5. The highest BCUT2D eigenvalue weighted by Gasteiger charge is 2.21. The molecule has 262 valence electrons. The van der Waals surface area contributed by atoms with Gasteiger partial charge in [-0.1, -0.05) is 146 Å². The Morgan fingerprint density at radius 2 is 1.04 bits per heavy atom. The molecule has 4 heterocycles. The van der Waals surface area contributed by atoms with Crippen LogP contribution in [0, 0.1) is 0 Å². The van der Waals surface area contributed by atoms with Gasteiger partial charge in [-0.3, -0.25) is 0 Å². The molecule has 56 heavy (non-hydrogen) atoms. The fourth-order valence-electron chi connectivity index (χ4n) is 7.71. The number of aromatic nitrogens is 4. The lowest BCUT2D eigenvalue weighted by Gasteiger charge is -2.12. The molecule has 0 fully saturated rings. The molecule has 4 aromatic heterocycles. The van der Waals surface area contributed by atoms with Gasteiger partial charge in [-0.2, -0.15) is 0 Å². The molecule has 0 amide bonds. The summed E-state index contributed by atoms with van der Waals surface area (Å²) >= 11 is 1.83. The first-order valence-electron chi connectivity index (χ1n) is 18.5. The number of thiophene rings is 1.